The Hall–Kier alpha value is -1.62. The van der Waals surface area contributed by atoms with Crippen molar-refractivity contribution >= 4 is 11.6 Å². The van der Waals surface area contributed by atoms with Gasteiger partial charge in [-0.25, -0.2) is 9.97 Å². The van der Waals surface area contributed by atoms with Gasteiger partial charge in [0.15, 0.2) is 0 Å². The summed E-state index contributed by atoms with van der Waals surface area (Å²) in [7, 11) is 4.15. The quantitative estimate of drug-likeness (QED) is 0.543. The van der Waals surface area contributed by atoms with Gasteiger partial charge in [0.05, 0.1) is 0 Å². The average Bonchev–Trinajstić information content (AvgIpc) is 2.31. The van der Waals surface area contributed by atoms with Crippen LogP contribution in [0.25, 0.3) is 0 Å². The summed E-state index contributed by atoms with van der Waals surface area (Å²) in [6.07, 6.45) is 2.90. The maximum Gasteiger partial charge on any atom is 0.132 e. The van der Waals surface area contributed by atoms with Crippen molar-refractivity contribution in [2.75, 3.05) is 44.4 Å². The minimum Gasteiger partial charge on any atom is -0.370 e. The number of hydrogen-bond acceptors (Lipinski definition) is 5. The van der Waals surface area contributed by atoms with E-state index in [1.807, 2.05) is 19.1 Å². The van der Waals surface area contributed by atoms with Crippen molar-refractivity contribution in [3.63, 3.8) is 0 Å². The molecule has 0 aliphatic carbocycles. The van der Waals surface area contributed by atoms with E-state index in [4.69, 9.17) is 0 Å². The van der Waals surface area contributed by atoms with E-state index in [-0.39, 0.29) is 0 Å². The Bertz CT molecular complexity index is 376. The first-order valence-corrected chi connectivity index (χ1v) is 6.21. The molecule has 0 bridgehead atoms. The third-order valence-electron chi connectivity index (χ3n) is 2.35. The molecule has 5 heteroatoms. The Morgan fingerprint density at radius 3 is 2.56 bits per heavy atom. The molecule has 18 heavy (non-hydrogen) atoms. The minimum absolute atomic E-state index is 0.705. The smallest absolute Gasteiger partial charge is 0.132 e. The van der Waals surface area contributed by atoms with E-state index < -0.39 is 0 Å². The third-order valence-corrected chi connectivity index (χ3v) is 2.35. The van der Waals surface area contributed by atoms with Crippen molar-refractivity contribution in [2.24, 2.45) is 0 Å². The molecule has 5 nitrogen and oxygen atoms in total. The van der Waals surface area contributed by atoms with Crippen LogP contribution in [0.4, 0.5) is 11.6 Å². The molecule has 0 saturated heterocycles. The molecule has 0 unspecified atom stereocenters. The lowest BCUT2D eigenvalue weighted by Gasteiger charge is -2.11. The van der Waals surface area contributed by atoms with Crippen LogP contribution in [0, 0.1) is 6.92 Å². The number of nitrogens with zero attached hydrogens (tertiary/aromatic N) is 3. The summed E-state index contributed by atoms with van der Waals surface area (Å²) in [4.78, 5) is 10.8. The highest BCUT2D eigenvalue weighted by atomic mass is 15.1. The largest absolute Gasteiger partial charge is 0.370 e. The summed E-state index contributed by atoms with van der Waals surface area (Å²) in [6.45, 7) is 8.25. The van der Waals surface area contributed by atoms with E-state index in [1.54, 1.807) is 0 Å². The van der Waals surface area contributed by atoms with Gasteiger partial charge in [-0.2, -0.15) is 0 Å². The Morgan fingerprint density at radius 1 is 1.28 bits per heavy atom. The first-order valence-electron chi connectivity index (χ1n) is 6.21. The van der Waals surface area contributed by atoms with Gasteiger partial charge in [-0.1, -0.05) is 6.08 Å². The fourth-order valence-electron chi connectivity index (χ4n) is 1.54. The fourth-order valence-corrected chi connectivity index (χ4v) is 1.54. The van der Waals surface area contributed by atoms with Crippen LogP contribution in [-0.2, 0) is 0 Å². The normalized spacial score (nSPS) is 10.4. The molecule has 0 radical (unpaired) electrons. The predicted octanol–water partition coefficient (Wildman–Crippen LogP) is 1.75. The van der Waals surface area contributed by atoms with Crippen LogP contribution < -0.4 is 10.6 Å². The van der Waals surface area contributed by atoms with Crippen LogP contribution in [0.15, 0.2) is 18.7 Å². The number of hydrogen-bond donors (Lipinski definition) is 2. The molecule has 0 atom stereocenters. The molecular formula is C13H23N5. The van der Waals surface area contributed by atoms with Crippen LogP contribution in [0.5, 0.6) is 0 Å². The molecule has 0 aliphatic rings. The number of nitrogens with one attached hydrogen (secondary N) is 2. The van der Waals surface area contributed by atoms with E-state index in [9.17, 15) is 0 Å². The Balaban J connectivity index is 2.48. The second-order valence-electron chi connectivity index (χ2n) is 4.44. The molecule has 0 aromatic carbocycles. The fraction of sp³-hybridized carbons (Fsp3) is 0.538. The first-order chi connectivity index (χ1) is 8.61. The van der Waals surface area contributed by atoms with Crippen LogP contribution in [0.2, 0.25) is 0 Å². The van der Waals surface area contributed by atoms with Crippen molar-refractivity contribution in [1.29, 1.82) is 0 Å². The molecule has 0 aliphatic heterocycles. The summed E-state index contributed by atoms with van der Waals surface area (Å²) >= 11 is 0. The standard InChI is InChI=1S/C13H23N5/c1-5-7-14-12-10-13(17-11(2)16-12)15-8-6-9-18(3)4/h5,10H,1,6-9H2,2-4H3,(H2,14,15,16,17). The highest BCUT2D eigenvalue weighted by Gasteiger charge is 2.00. The van der Waals surface area contributed by atoms with E-state index in [0.717, 1.165) is 37.0 Å². The van der Waals surface area contributed by atoms with Crippen LogP contribution in [0.1, 0.15) is 12.2 Å². The van der Waals surface area contributed by atoms with Gasteiger partial charge in [0.25, 0.3) is 0 Å². The van der Waals surface area contributed by atoms with Crippen LogP contribution in [0.3, 0.4) is 0 Å². The number of anilines is 2. The Kier molecular flexibility index (Phi) is 6.14. The topological polar surface area (TPSA) is 53.1 Å². The zero-order chi connectivity index (χ0) is 13.4. The number of aromatic nitrogens is 2. The molecule has 1 heterocycles. The van der Waals surface area contributed by atoms with Crippen molar-refractivity contribution in [2.45, 2.75) is 13.3 Å². The lowest BCUT2D eigenvalue weighted by Crippen LogP contribution is -2.17. The summed E-state index contributed by atoms with van der Waals surface area (Å²) < 4.78 is 0. The minimum atomic E-state index is 0.705. The SMILES string of the molecule is C=CCNc1cc(NCCCN(C)C)nc(C)n1. The third kappa shape index (κ3) is 5.63. The Morgan fingerprint density at radius 2 is 1.94 bits per heavy atom. The summed E-state index contributed by atoms with van der Waals surface area (Å²) in [5.74, 6) is 2.46. The molecular weight excluding hydrogens is 226 g/mol. The van der Waals surface area contributed by atoms with Crippen molar-refractivity contribution in [1.82, 2.24) is 14.9 Å². The van der Waals surface area contributed by atoms with Crippen molar-refractivity contribution in [3.05, 3.63) is 24.5 Å². The molecule has 100 valence electrons. The van der Waals surface area contributed by atoms with E-state index in [2.05, 4.69) is 46.2 Å². The molecule has 1 aromatic heterocycles. The van der Waals surface area contributed by atoms with Gasteiger partial charge in [0.2, 0.25) is 0 Å². The second kappa shape index (κ2) is 7.66. The number of aryl methyl sites for hydroxylation is 1. The van der Waals surface area contributed by atoms with Crippen molar-refractivity contribution < 1.29 is 0 Å². The van der Waals surface area contributed by atoms with Gasteiger partial charge in [0.1, 0.15) is 17.5 Å². The van der Waals surface area contributed by atoms with Crippen LogP contribution >= 0.6 is 0 Å². The molecule has 0 amide bonds. The lowest BCUT2D eigenvalue weighted by atomic mass is 10.4. The van der Waals surface area contributed by atoms with Gasteiger partial charge in [-0.3, -0.25) is 0 Å². The average molecular weight is 249 g/mol. The van der Waals surface area contributed by atoms with Gasteiger partial charge >= 0.3 is 0 Å². The first kappa shape index (κ1) is 14.4. The Labute approximate surface area is 109 Å². The summed E-state index contributed by atoms with van der Waals surface area (Å²) in [5, 5.41) is 6.48. The number of rotatable bonds is 8. The second-order valence-corrected chi connectivity index (χ2v) is 4.44. The highest BCUT2D eigenvalue weighted by Crippen LogP contribution is 2.10. The summed E-state index contributed by atoms with van der Waals surface area (Å²) in [5.41, 5.74) is 0. The highest BCUT2D eigenvalue weighted by molar-refractivity contribution is 5.47. The zero-order valence-corrected chi connectivity index (χ0v) is 11.5. The van der Waals surface area contributed by atoms with Crippen LogP contribution in [-0.4, -0.2) is 48.6 Å². The molecule has 0 spiro atoms. The van der Waals surface area contributed by atoms with Crippen molar-refractivity contribution in [3.8, 4) is 0 Å². The maximum atomic E-state index is 4.36. The van der Waals surface area contributed by atoms with Gasteiger partial charge in [-0.05, 0) is 34.0 Å². The molecule has 1 aromatic rings. The molecule has 0 fully saturated rings. The van der Waals surface area contributed by atoms with E-state index in [1.165, 1.54) is 0 Å². The van der Waals surface area contributed by atoms with E-state index in [0.29, 0.717) is 6.54 Å². The zero-order valence-electron chi connectivity index (χ0n) is 11.5. The monoisotopic (exact) mass is 249 g/mol. The maximum absolute atomic E-state index is 4.36. The summed E-state index contributed by atoms with van der Waals surface area (Å²) in [6, 6.07) is 1.92. The van der Waals surface area contributed by atoms with Gasteiger partial charge < -0.3 is 15.5 Å². The molecule has 2 N–H and O–H groups in total. The van der Waals surface area contributed by atoms with E-state index >= 15 is 0 Å². The predicted molar refractivity (Wildman–Crippen MR) is 77.1 cm³/mol. The van der Waals surface area contributed by atoms with Gasteiger partial charge in [-0.15, -0.1) is 6.58 Å². The molecule has 1 rings (SSSR count). The van der Waals surface area contributed by atoms with Gasteiger partial charge in [0, 0.05) is 19.2 Å². The lowest BCUT2D eigenvalue weighted by molar-refractivity contribution is 0.405. The molecule has 0 saturated carbocycles.